The maximum Gasteiger partial charge on any atom is 0.238 e. The quantitative estimate of drug-likeness (QED) is 0.542. The van der Waals surface area contributed by atoms with Crippen molar-refractivity contribution in [2.24, 2.45) is 29.4 Å². The van der Waals surface area contributed by atoms with Crippen LogP contribution in [0, 0.1) is 23.7 Å². The van der Waals surface area contributed by atoms with Crippen LogP contribution in [0.2, 0.25) is 0 Å². The molecule has 3 unspecified atom stereocenters. The number of fused-ring (bicyclic) bond motifs is 1. The van der Waals surface area contributed by atoms with Crippen molar-refractivity contribution in [1.82, 2.24) is 10.6 Å². The largest absolute Gasteiger partial charge is 0.396 e. The standard InChI is InChI=1S/C15H25N3O3/c16-14(21)15(12-3-1-2-10(12)7-18-15)11(8-19)6-9-4-5-17-13(9)20/h9-12,18-19H,1-8H2,(H2,16,21)(H,17,20)/t9-,10?,11-,12?,15?/m1/s1. The van der Waals surface area contributed by atoms with Gasteiger partial charge in [-0.1, -0.05) is 6.42 Å². The molecule has 3 aliphatic rings. The Labute approximate surface area is 124 Å². The third-order valence-electron chi connectivity index (χ3n) is 5.90. The Morgan fingerprint density at radius 3 is 2.86 bits per heavy atom. The normalized spacial score (nSPS) is 40.0. The minimum absolute atomic E-state index is 0.0361. The molecule has 2 heterocycles. The predicted molar refractivity (Wildman–Crippen MR) is 77.1 cm³/mol. The lowest BCUT2D eigenvalue weighted by atomic mass is 9.69. The Balaban J connectivity index is 1.84. The molecule has 6 heteroatoms. The fraction of sp³-hybridized carbons (Fsp3) is 0.867. The smallest absolute Gasteiger partial charge is 0.238 e. The van der Waals surface area contributed by atoms with Gasteiger partial charge in [-0.2, -0.15) is 0 Å². The average Bonchev–Trinajstić information content (AvgIpc) is 3.13. The molecule has 1 saturated carbocycles. The van der Waals surface area contributed by atoms with Crippen LogP contribution in [0.25, 0.3) is 0 Å². The van der Waals surface area contributed by atoms with Crippen LogP contribution in [0.15, 0.2) is 0 Å². The van der Waals surface area contributed by atoms with Gasteiger partial charge >= 0.3 is 0 Å². The van der Waals surface area contributed by atoms with Gasteiger partial charge in [0.1, 0.15) is 5.54 Å². The molecule has 5 atom stereocenters. The molecule has 21 heavy (non-hydrogen) atoms. The molecule has 1 aliphatic carbocycles. The summed E-state index contributed by atoms with van der Waals surface area (Å²) in [6.07, 6.45) is 4.52. The van der Waals surface area contributed by atoms with E-state index in [0.717, 1.165) is 32.2 Å². The Bertz CT molecular complexity index is 442. The molecule has 0 spiro atoms. The first-order chi connectivity index (χ1) is 10.1. The van der Waals surface area contributed by atoms with Gasteiger partial charge in [0.2, 0.25) is 11.8 Å². The third-order valence-corrected chi connectivity index (χ3v) is 5.90. The van der Waals surface area contributed by atoms with Crippen LogP contribution in [-0.2, 0) is 9.59 Å². The molecule has 2 saturated heterocycles. The number of aliphatic hydroxyl groups excluding tert-OH is 1. The summed E-state index contributed by atoms with van der Waals surface area (Å²) in [5, 5.41) is 16.1. The fourth-order valence-corrected chi connectivity index (χ4v) is 4.85. The van der Waals surface area contributed by atoms with E-state index in [1.807, 2.05) is 0 Å². The lowest BCUT2D eigenvalue weighted by molar-refractivity contribution is -0.131. The summed E-state index contributed by atoms with van der Waals surface area (Å²) in [6.45, 7) is 1.37. The maximum atomic E-state index is 12.3. The van der Waals surface area contributed by atoms with Gasteiger partial charge in [0.25, 0.3) is 0 Å². The van der Waals surface area contributed by atoms with Crippen molar-refractivity contribution < 1.29 is 14.7 Å². The van der Waals surface area contributed by atoms with Crippen LogP contribution < -0.4 is 16.4 Å². The summed E-state index contributed by atoms with van der Waals surface area (Å²) in [7, 11) is 0. The molecule has 3 rings (SSSR count). The molecule has 3 fully saturated rings. The van der Waals surface area contributed by atoms with E-state index < -0.39 is 5.54 Å². The molecule has 2 aliphatic heterocycles. The van der Waals surface area contributed by atoms with Gasteiger partial charge in [0.15, 0.2) is 0 Å². The number of hydrogen-bond acceptors (Lipinski definition) is 4. The van der Waals surface area contributed by atoms with E-state index in [-0.39, 0.29) is 36.2 Å². The van der Waals surface area contributed by atoms with E-state index in [2.05, 4.69) is 10.6 Å². The molecule has 0 aromatic rings. The summed E-state index contributed by atoms with van der Waals surface area (Å²) in [6, 6.07) is 0. The van der Waals surface area contributed by atoms with Crippen molar-refractivity contribution >= 4 is 11.8 Å². The lowest BCUT2D eigenvalue weighted by Gasteiger charge is -2.39. The highest BCUT2D eigenvalue weighted by Gasteiger charge is 2.58. The summed E-state index contributed by atoms with van der Waals surface area (Å²) >= 11 is 0. The first kappa shape index (κ1) is 14.8. The second kappa shape index (κ2) is 5.57. The van der Waals surface area contributed by atoms with E-state index in [0.29, 0.717) is 18.9 Å². The monoisotopic (exact) mass is 295 g/mol. The number of nitrogens with two attached hydrogens (primary N) is 1. The molecule has 0 aromatic carbocycles. The summed E-state index contributed by atoms with van der Waals surface area (Å²) < 4.78 is 0. The maximum absolute atomic E-state index is 12.3. The van der Waals surface area contributed by atoms with Gasteiger partial charge in [0.05, 0.1) is 0 Å². The number of carbonyl (C=O) groups excluding carboxylic acids is 2. The Morgan fingerprint density at radius 2 is 2.24 bits per heavy atom. The van der Waals surface area contributed by atoms with E-state index in [4.69, 9.17) is 5.73 Å². The van der Waals surface area contributed by atoms with Crippen molar-refractivity contribution in [3.8, 4) is 0 Å². The van der Waals surface area contributed by atoms with Gasteiger partial charge in [0, 0.05) is 25.0 Å². The number of rotatable bonds is 5. The first-order valence-electron chi connectivity index (χ1n) is 8.03. The zero-order valence-electron chi connectivity index (χ0n) is 12.3. The minimum Gasteiger partial charge on any atom is -0.396 e. The fourth-order valence-electron chi connectivity index (χ4n) is 4.85. The Morgan fingerprint density at radius 1 is 1.43 bits per heavy atom. The molecular weight excluding hydrogens is 270 g/mol. The zero-order chi connectivity index (χ0) is 15.0. The molecule has 0 bridgehead atoms. The molecule has 0 radical (unpaired) electrons. The number of primary amides is 1. The number of amides is 2. The Kier molecular flexibility index (Phi) is 3.92. The van der Waals surface area contributed by atoms with Crippen LogP contribution in [0.4, 0.5) is 0 Å². The first-order valence-corrected chi connectivity index (χ1v) is 8.03. The number of carbonyl (C=O) groups is 2. The van der Waals surface area contributed by atoms with Crippen LogP contribution >= 0.6 is 0 Å². The molecular formula is C15H25N3O3. The van der Waals surface area contributed by atoms with Gasteiger partial charge in [-0.3, -0.25) is 9.59 Å². The SMILES string of the molecule is NC(=O)C1([C@@H](CO)C[C@H]2CCNC2=O)NCC2CCCC21. The van der Waals surface area contributed by atoms with Crippen LogP contribution in [0.5, 0.6) is 0 Å². The van der Waals surface area contributed by atoms with Gasteiger partial charge < -0.3 is 21.5 Å². The number of nitrogens with one attached hydrogen (secondary N) is 2. The topological polar surface area (TPSA) is 104 Å². The van der Waals surface area contributed by atoms with Gasteiger partial charge in [-0.05, 0) is 44.1 Å². The van der Waals surface area contributed by atoms with Crippen molar-refractivity contribution in [3.63, 3.8) is 0 Å². The van der Waals surface area contributed by atoms with Gasteiger partial charge in [-0.25, -0.2) is 0 Å². The van der Waals surface area contributed by atoms with E-state index in [1.54, 1.807) is 0 Å². The van der Waals surface area contributed by atoms with Gasteiger partial charge in [-0.15, -0.1) is 0 Å². The minimum atomic E-state index is -0.835. The van der Waals surface area contributed by atoms with Crippen LogP contribution in [-0.4, -0.2) is 42.2 Å². The van der Waals surface area contributed by atoms with Crippen molar-refractivity contribution in [2.45, 2.75) is 37.6 Å². The van der Waals surface area contributed by atoms with E-state index >= 15 is 0 Å². The predicted octanol–water partition coefficient (Wildman–Crippen LogP) is -0.635. The summed E-state index contributed by atoms with van der Waals surface area (Å²) in [5.74, 6) is -0.0402. The lowest BCUT2D eigenvalue weighted by Crippen LogP contribution is -2.62. The molecule has 118 valence electrons. The highest BCUT2D eigenvalue weighted by atomic mass is 16.3. The molecule has 6 nitrogen and oxygen atoms in total. The average molecular weight is 295 g/mol. The van der Waals surface area contributed by atoms with E-state index in [1.165, 1.54) is 0 Å². The second-order valence-electron chi connectivity index (χ2n) is 6.80. The highest BCUT2D eigenvalue weighted by molar-refractivity contribution is 5.86. The molecule has 2 amide bonds. The van der Waals surface area contributed by atoms with Crippen molar-refractivity contribution in [2.75, 3.05) is 19.7 Å². The summed E-state index contributed by atoms with van der Waals surface area (Å²) in [5.41, 5.74) is 4.93. The van der Waals surface area contributed by atoms with Crippen molar-refractivity contribution in [3.05, 3.63) is 0 Å². The van der Waals surface area contributed by atoms with Crippen LogP contribution in [0.1, 0.15) is 32.1 Å². The third kappa shape index (κ3) is 2.25. The van der Waals surface area contributed by atoms with Crippen molar-refractivity contribution in [1.29, 1.82) is 0 Å². The van der Waals surface area contributed by atoms with Crippen LogP contribution in [0.3, 0.4) is 0 Å². The number of hydrogen-bond donors (Lipinski definition) is 4. The Hall–Kier alpha value is -1.14. The highest BCUT2D eigenvalue weighted by Crippen LogP contribution is 2.48. The summed E-state index contributed by atoms with van der Waals surface area (Å²) in [4.78, 5) is 24.1. The molecule has 5 N–H and O–H groups in total. The number of aliphatic hydroxyl groups is 1. The van der Waals surface area contributed by atoms with E-state index in [9.17, 15) is 14.7 Å². The zero-order valence-corrected chi connectivity index (χ0v) is 12.3. The molecule has 0 aromatic heterocycles. The second-order valence-corrected chi connectivity index (χ2v) is 6.80.